The molecular weight excluding hydrogens is 248 g/mol. The van der Waals surface area contributed by atoms with E-state index in [1.165, 1.54) is 32.1 Å². The summed E-state index contributed by atoms with van der Waals surface area (Å²) in [4.78, 5) is 8.50. The number of nitrogens with one attached hydrogen (secondary N) is 2. The Morgan fingerprint density at radius 3 is 2.35 bits per heavy atom. The van der Waals surface area contributed by atoms with Gasteiger partial charge in [0.25, 0.3) is 0 Å². The average Bonchev–Trinajstić information content (AvgIpc) is 2.48. The lowest BCUT2D eigenvalue weighted by Gasteiger charge is -2.26. The van der Waals surface area contributed by atoms with Crippen molar-refractivity contribution in [2.24, 2.45) is 11.8 Å². The van der Waals surface area contributed by atoms with E-state index in [-0.39, 0.29) is 0 Å². The molecule has 4 heteroatoms. The molecule has 1 aliphatic carbocycles. The van der Waals surface area contributed by atoms with Crippen LogP contribution in [0.2, 0.25) is 0 Å². The molecule has 4 nitrogen and oxygen atoms in total. The van der Waals surface area contributed by atoms with Crippen molar-refractivity contribution in [2.75, 3.05) is 23.7 Å². The molecule has 0 unspecified atom stereocenters. The summed E-state index contributed by atoms with van der Waals surface area (Å²) in [5.74, 6) is 3.69. The van der Waals surface area contributed by atoms with Crippen LogP contribution >= 0.6 is 0 Å². The zero-order valence-corrected chi connectivity index (χ0v) is 12.9. The molecule has 1 heterocycles. The number of nitrogens with zero attached hydrogens (tertiary/aromatic N) is 2. The van der Waals surface area contributed by atoms with Crippen molar-refractivity contribution in [3.63, 3.8) is 0 Å². The van der Waals surface area contributed by atoms with Gasteiger partial charge in [0.15, 0.2) is 0 Å². The van der Waals surface area contributed by atoms with Crippen molar-refractivity contribution < 1.29 is 0 Å². The van der Waals surface area contributed by atoms with Crippen LogP contribution in [0.25, 0.3) is 0 Å². The Balaban J connectivity index is 1.70. The molecule has 0 aromatic carbocycles. The third-order valence-electron chi connectivity index (χ3n) is 4.22. The Morgan fingerprint density at radius 2 is 1.70 bits per heavy atom. The van der Waals surface area contributed by atoms with Crippen LogP contribution in [0.1, 0.15) is 52.4 Å². The maximum atomic E-state index is 4.28. The lowest BCUT2D eigenvalue weighted by atomic mass is 9.81. The smallest absolute Gasteiger partial charge is 0.131 e. The monoisotopic (exact) mass is 276 g/mol. The molecule has 0 amide bonds. The largest absolute Gasteiger partial charge is 0.370 e. The lowest BCUT2D eigenvalue weighted by Crippen LogP contribution is -2.16. The molecule has 0 spiro atoms. The minimum absolute atomic E-state index is 0.901. The third-order valence-corrected chi connectivity index (χ3v) is 4.22. The van der Waals surface area contributed by atoms with Gasteiger partial charge in [-0.15, -0.1) is 0 Å². The zero-order valence-electron chi connectivity index (χ0n) is 12.9. The van der Waals surface area contributed by atoms with Gasteiger partial charge in [-0.25, -0.2) is 9.97 Å². The first-order chi connectivity index (χ1) is 9.78. The quantitative estimate of drug-likeness (QED) is 0.792. The van der Waals surface area contributed by atoms with Crippen LogP contribution in [0.15, 0.2) is 12.4 Å². The van der Waals surface area contributed by atoms with Crippen LogP contribution in [0.4, 0.5) is 11.6 Å². The van der Waals surface area contributed by atoms with Gasteiger partial charge in [-0.1, -0.05) is 39.5 Å². The summed E-state index contributed by atoms with van der Waals surface area (Å²) in [5, 5.41) is 6.72. The minimum Gasteiger partial charge on any atom is -0.370 e. The predicted molar refractivity (Wildman–Crippen MR) is 85.0 cm³/mol. The molecule has 0 saturated heterocycles. The van der Waals surface area contributed by atoms with Gasteiger partial charge in [0, 0.05) is 19.2 Å². The summed E-state index contributed by atoms with van der Waals surface area (Å²) in [6.45, 7) is 6.50. The van der Waals surface area contributed by atoms with E-state index in [2.05, 4.69) is 34.4 Å². The third kappa shape index (κ3) is 4.99. The number of anilines is 2. The van der Waals surface area contributed by atoms with E-state index < -0.39 is 0 Å². The van der Waals surface area contributed by atoms with Crippen LogP contribution < -0.4 is 10.6 Å². The van der Waals surface area contributed by atoms with Crippen LogP contribution in [-0.2, 0) is 0 Å². The van der Waals surface area contributed by atoms with Crippen LogP contribution in [-0.4, -0.2) is 23.1 Å². The second kappa shape index (κ2) is 8.08. The second-order valence-electron chi connectivity index (χ2n) is 6.06. The minimum atomic E-state index is 0.901. The van der Waals surface area contributed by atoms with Gasteiger partial charge < -0.3 is 10.6 Å². The molecule has 1 aliphatic rings. The molecule has 1 saturated carbocycles. The first kappa shape index (κ1) is 15.1. The standard InChI is InChI=1S/C16H28N4/c1-3-9-17-15-11-16(20-12-19-15)18-10-8-14-6-4-13(2)5-7-14/h11-14H,3-10H2,1-2H3,(H2,17,18,19,20). The highest BCUT2D eigenvalue weighted by Crippen LogP contribution is 2.30. The van der Waals surface area contributed by atoms with E-state index >= 15 is 0 Å². The highest BCUT2D eigenvalue weighted by molar-refractivity contribution is 5.46. The summed E-state index contributed by atoms with van der Waals surface area (Å²) >= 11 is 0. The van der Waals surface area contributed by atoms with Crippen molar-refractivity contribution in [1.29, 1.82) is 0 Å². The van der Waals surface area contributed by atoms with E-state index in [1.54, 1.807) is 6.33 Å². The molecule has 0 bridgehead atoms. The fourth-order valence-corrected chi connectivity index (χ4v) is 2.83. The predicted octanol–water partition coefficient (Wildman–Crippen LogP) is 3.93. The van der Waals surface area contributed by atoms with E-state index in [1.807, 2.05) is 6.07 Å². The van der Waals surface area contributed by atoms with Gasteiger partial charge >= 0.3 is 0 Å². The number of hydrogen-bond acceptors (Lipinski definition) is 4. The summed E-state index contributed by atoms with van der Waals surface area (Å²) in [7, 11) is 0. The fraction of sp³-hybridized carbons (Fsp3) is 0.750. The Morgan fingerprint density at radius 1 is 1.05 bits per heavy atom. The molecule has 20 heavy (non-hydrogen) atoms. The van der Waals surface area contributed by atoms with E-state index in [9.17, 15) is 0 Å². The Labute approximate surface area is 122 Å². The molecule has 112 valence electrons. The molecular formula is C16H28N4. The fourth-order valence-electron chi connectivity index (χ4n) is 2.83. The van der Waals surface area contributed by atoms with Gasteiger partial charge in [-0.05, 0) is 24.7 Å². The van der Waals surface area contributed by atoms with E-state index in [0.29, 0.717) is 0 Å². The topological polar surface area (TPSA) is 49.8 Å². The zero-order chi connectivity index (χ0) is 14.2. The SMILES string of the molecule is CCCNc1cc(NCCC2CCC(C)CC2)ncn1. The van der Waals surface area contributed by atoms with Crippen LogP contribution in [0.3, 0.4) is 0 Å². The number of aromatic nitrogens is 2. The molecule has 1 fully saturated rings. The number of hydrogen-bond donors (Lipinski definition) is 2. The van der Waals surface area contributed by atoms with Gasteiger partial charge in [0.05, 0.1) is 0 Å². The Bertz CT molecular complexity index is 386. The number of rotatable bonds is 7. The van der Waals surface area contributed by atoms with E-state index in [0.717, 1.165) is 43.0 Å². The molecule has 2 N–H and O–H groups in total. The van der Waals surface area contributed by atoms with Crippen LogP contribution in [0.5, 0.6) is 0 Å². The summed E-state index contributed by atoms with van der Waals surface area (Å²) in [6, 6.07) is 2.00. The van der Waals surface area contributed by atoms with Gasteiger partial charge in [0.1, 0.15) is 18.0 Å². The average molecular weight is 276 g/mol. The summed E-state index contributed by atoms with van der Waals surface area (Å²) in [5.41, 5.74) is 0. The van der Waals surface area contributed by atoms with Crippen molar-refractivity contribution in [2.45, 2.75) is 52.4 Å². The highest BCUT2D eigenvalue weighted by Gasteiger charge is 2.17. The van der Waals surface area contributed by atoms with Crippen molar-refractivity contribution in [1.82, 2.24) is 9.97 Å². The Kier molecular flexibility index (Phi) is 6.09. The molecule has 0 aliphatic heterocycles. The van der Waals surface area contributed by atoms with Crippen molar-refractivity contribution in [3.05, 3.63) is 12.4 Å². The van der Waals surface area contributed by atoms with Gasteiger partial charge in [-0.3, -0.25) is 0 Å². The highest BCUT2D eigenvalue weighted by atomic mass is 15.1. The van der Waals surface area contributed by atoms with Gasteiger partial charge in [-0.2, -0.15) is 0 Å². The molecule has 1 aromatic heterocycles. The van der Waals surface area contributed by atoms with Crippen molar-refractivity contribution in [3.8, 4) is 0 Å². The normalized spacial score (nSPS) is 22.5. The maximum Gasteiger partial charge on any atom is 0.131 e. The summed E-state index contributed by atoms with van der Waals surface area (Å²) in [6.07, 6.45) is 9.60. The first-order valence-electron chi connectivity index (χ1n) is 8.07. The van der Waals surface area contributed by atoms with Gasteiger partial charge in [0.2, 0.25) is 0 Å². The molecule has 2 rings (SSSR count). The summed E-state index contributed by atoms with van der Waals surface area (Å²) < 4.78 is 0. The van der Waals surface area contributed by atoms with Crippen LogP contribution in [0, 0.1) is 11.8 Å². The molecule has 0 atom stereocenters. The first-order valence-corrected chi connectivity index (χ1v) is 8.07. The maximum absolute atomic E-state index is 4.28. The lowest BCUT2D eigenvalue weighted by molar-refractivity contribution is 0.282. The molecule has 0 radical (unpaired) electrons. The second-order valence-corrected chi connectivity index (χ2v) is 6.06. The molecule has 1 aromatic rings. The van der Waals surface area contributed by atoms with E-state index in [4.69, 9.17) is 0 Å². The Hall–Kier alpha value is -1.32. The van der Waals surface area contributed by atoms with Crippen molar-refractivity contribution >= 4 is 11.6 Å².